The molecule has 3 aliphatic rings. The van der Waals surface area contributed by atoms with Gasteiger partial charge in [0.2, 0.25) is 0 Å². The maximum atomic E-state index is 12.3. The van der Waals surface area contributed by atoms with Crippen LogP contribution in [0.15, 0.2) is 48.5 Å². The van der Waals surface area contributed by atoms with Crippen molar-refractivity contribution in [1.82, 2.24) is 9.88 Å². The van der Waals surface area contributed by atoms with Crippen LogP contribution in [-0.4, -0.2) is 49.0 Å². The fraction of sp³-hybridized carbons (Fsp3) is 0.486. The summed E-state index contributed by atoms with van der Waals surface area (Å²) in [5.74, 6) is 3.45. The molecule has 234 valence electrons. The summed E-state index contributed by atoms with van der Waals surface area (Å²) in [6.07, 6.45) is 2.84. The average Bonchev–Trinajstić information content (AvgIpc) is 3.86. The highest BCUT2D eigenvalue weighted by Crippen LogP contribution is 2.47. The fourth-order valence-corrected chi connectivity index (χ4v) is 6.60. The summed E-state index contributed by atoms with van der Waals surface area (Å²) in [6.45, 7) is 8.53. The molecule has 1 aliphatic carbocycles. The smallest absolute Gasteiger partial charge is 0.137 e. The summed E-state index contributed by atoms with van der Waals surface area (Å²) in [5, 5.41) is 15.7. The van der Waals surface area contributed by atoms with Gasteiger partial charge in [-0.2, -0.15) is 0 Å². The number of likely N-dealkylation sites (tertiary alicyclic amines) is 1. The Bertz CT molecular complexity index is 1480. The maximum absolute atomic E-state index is 12.3. The van der Waals surface area contributed by atoms with E-state index in [0.29, 0.717) is 44.8 Å². The van der Waals surface area contributed by atoms with Crippen LogP contribution in [0.3, 0.4) is 0 Å². The molecular formula is C35H42N3O6-. The average molecular weight is 601 g/mol. The van der Waals surface area contributed by atoms with Gasteiger partial charge in [0.05, 0.1) is 31.6 Å². The summed E-state index contributed by atoms with van der Waals surface area (Å²) in [5.41, 5.74) is 4.22. The van der Waals surface area contributed by atoms with E-state index in [1.165, 1.54) is 17.7 Å². The van der Waals surface area contributed by atoms with Gasteiger partial charge in [-0.3, -0.25) is 0 Å². The molecule has 1 amide bonds. The van der Waals surface area contributed by atoms with Crippen LogP contribution in [0.4, 0.5) is 10.6 Å². The third-order valence-corrected chi connectivity index (χ3v) is 8.87. The highest BCUT2D eigenvalue weighted by atomic mass is 16.5. The van der Waals surface area contributed by atoms with Crippen molar-refractivity contribution in [3.8, 4) is 28.5 Å². The summed E-state index contributed by atoms with van der Waals surface area (Å²) in [4.78, 5) is 19.0. The summed E-state index contributed by atoms with van der Waals surface area (Å²) < 4.78 is 24.0. The quantitative estimate of drug-likeness (QED) is 0.321. The van der Waals surface area contributed by atoms with Gasteiger partial charge < -0.3 is 39.1 Å². The van der Waals surface area contributed by atoms with Gasteiger partial charge in [-0.25, -0.2) is 4.98 Å². The first-order chi connectivity index (χ1) is 21.2. The normalized spacial score (nSPS) is 20.0. The molecule has 0 radical (unpaired) electrons. The number of ether oxygens (including phenoxy) is 4. The van der Waals surface area contributed by atoms with Crippen molar-refractivity contribution < 1.29 is 28.8 Å². The third kappa shape index (κ3) is 6.43. The van der Waals surface area contributed by atoms with E-state index in [-0.39, 0.29) is 17.4 Å². The van der Waals surface area contributed by atoms with Gasteiger partial charge in [0.25, 0.3) is 0 Å². The van der Waals surface area contributed by atoms with E-state index < -0.39 is 6.09 Å². The Balaban J connectivity index is 1.44. The number of carbonyl (C=O) groups is 1. The highest BCUT2D eigenvalue weighted by molar-refractivity contribution is 5.77. The van der Waals surface area contributed by atoms with Gasteiger partial charge in [0.15, 0.2) is 0 Å². The molecular weight excluding hydrogens is 558 g/mol. The van der Waals surface area contributed by atoms with Crippen LogP contribution >= 0.6 is 0 Å². The van der Waals surface area contributed by atoms with E-state index >= 15 is 0 Å². The lowest BCUT2D eigenvalue weighted by molar-refractivity contribution is -0.271. The molecule has 1 saturated carbocycles. The monoisotopic (exact) mass is 600 g/mol. The SMILES string of the molecule is COc1ccc(COc2cccc(OCC3CC3)c2-c2cc(C3CCCN(C(=O)[O-])C3C(C)(C)C)c3c(n2)NCOC3)cc1. The van der Waals surface area contributed by atoms with Gasteiger partial charge in [-0.1, -0.05) is 39.0 Å². The number of hydrogen-bond acceptors (Lipinski definition) is 8. The van der Waals surface area contributed by atoms with E-state index in [4.69, 9.17) is 23.9 Å². The molecule has 3 heterocycles. The first-order valence-electron chi connectivity index (χ1n) is 15.6. The van der Waals surface area contributed by atoms with Gasteiger partial charge in [0.1, 0.15) is 42.5 Å². The van der Waals surface area contributed by atoms with Crippen LogP contribution in [-0.2, 0) is 18.0 Å². The number of fused-ring (bicyclic) bond motifs is 1. The zero-order chi connectivity index (χ0) is 30.8. The second-order valence-corrected chi connectivity index (χ2v) is 13.1. The van der Waals surface area contributed by atoms with Crippen LogP contribution in [0.2, 0.25) is 0 Å². The van der Waals surface area contributed by atoms with Crippen molar-refractivity contribution in [3.05, 3.63) is 65.2 Å². The van der Waals surface area contributed by atoms with E-state index in [0.717, 1.165) is 58.1 Å². The van der Waals surface area contributed by atoms with E-state index in [9.17, 15) is 9.90 Å². The molecule has 2 unspecified atom stereocenters. The number of amides is 1. The zero-order valence-electron chi connectivity index (χ0n) is 26.1. The second kappa shape index (κ2) is 12.6. The lowest BCUT2D eigenvalue weighted by Crippen LogP contribution is -2.57. The molecule has 2 aliphatic heterocycles. The number of carbonyl (C=O) groups excluding carboxylic acids is 1. The van der Waals surface area contributed by atoms with Gasteiger partial charge >= 0.3 is 0 Å². The molecule has 6 rings (SSSR count). The largest absolute Gasteiger partial charge is 0.530 e. The number of pyridine rings is 1. The van der Waals surface area contributed by atoms with Gasteiger partial charge in [-0.15, -0.1) is 0 Å². The number of benzene rings is 2. The predicted octanol–water partition coefficient (Wildman–Crippen LogP) is 5.96. The molecule has 2 atom stereocenters. The molecule has 2 fully saturated rings. The van der Waals surface area contributed by atoms with Crippen molar-refractivity contribution in [1.29, 1.82) is 0 Å². The summed E-state index contributed by atoms with van der Waals surface area (Å²) in [7, 11) is 1.65. The second-order valence-electron chi connectivity index (χ2n) is 13.1. The molecule has 0 bridgehead atoms. The number of piperidine rings is 1. The Morgan fingerprint density at radius 1 is 1.09 bits per heavy atom. The molecule has 1 aromatic heterocycles. The number of carboxylic acid groups (broad SMARTS) is 1. The first-order valence-corrected chi connectivity index (χ1v) is 15.6. The number of nitrogens with one attached hydrogen (secondary N) is 1. The summed E-state index contributed by atoms with van der Waals surface area (Å²) >= 11 is 0. The first kappa shape index (κ1) is 30.1. The summed E-state index contributed by atoms with van der Waals surface area (Å²) in [6, 6.07) is 15.5. The minimum atomic E-state index is -1.12. The Labute approximate surface area is 259 Å². The van der Waals surface area contributed by atoms with Crippen LogP contribution in [0.1, 0.15) is 69.1 Å². The molecule has 1 saturated heterocycles. The minimum Gasteiger partial charge on any atom is -0.530 e. The van der Waals surface area contributed by atoms with Gasteiger partial charge in [0, 0.05) is 24.1 Å². The van der Waals surface area contributed by atoms with Crippen molar-refractivity contribution in [2.75, 3.05) is 32.3 Å². The fourth-order valence-electron chi connectivity index (χ4n) is 6.60. The molecule has 44 heavy (non-hydrogen) atoms. The van der Waals surface area contributed by atoms with Crippen LogP contribution < -0.4 is 24.6 Å². The van der Waals surface area contributed by atoms with Crippen molar-refractivity contribution >= 4 is 11.9 Å². The maximum Gasteiger partial charge on any atom is 0.137 e. The molecule has 0 spiro atoms. The number of anilines is 1. The molecule has 1 N–H and O–H groups in total. The Morgan fingerprint density at radius 2 is 1.84 bits per heavy atom. The number of aromatic nitrogens is 1. The van der Waals surface area contributed by atoms with E-state index in [1.807, 2.05) is 42.5 Å². The van der Waals surface area contributed by atoms with Crippen molar-refractivity contribution in [2.24, 2.45) is 11.3 Å². The topological polar surface area (TPSA) is 105 Å². The van der Waals surface area contributed by atoms with Crippen molar-refractivity contribution in [2.45, 2.75) is 71.6 Å². The van der Waals surface area contributed by atoms with Crippen LogP contribution in [0.5, 0.6) is 17.2 Å². The number of rotatable bonds is 9. The van der Waals surface area contributed by atoms with E-state index in [1.54, 1.807) is 7.11 Å². The molecule has 9 heteroatoms. The van der Waals surface area contributed by atoms with Crippen LogP contribution in [0, 0.1) is 11.3 Å². The Kier molecular flexibility index (Phi) is 8.58. The molecule has 2 aromatic carbocycles. The molecule has 9 nitrogen and oxygen atoms in total. The van der Waals surface area contributed by atoms with E-state index in [2.05, 4.69) is 32.2 Å². The Hall–Kier alpha value is -3.98. The van der Waals surface area contributed by atoms with Crippen LogP contribution in [0.25, 0.3) is 11.3 Å². The lowest BCUT2D eigenvalue weighted by Gasteiger charge is -2.50. The Morgan fingerprint density at radius 3 is 2.52 bits per heavy atom. The predicted molar refractivity (Wildman–Crippen MR) is 166 cm³/mol. The number of methoxy groups -OCH3 is 1. The molecule has 3 aromatic rings. The standard InChI is InChI=1S/C35H43N3O6/c1-35(2,3)32-25(7-6-16-38(32)34(39)40)26-17-28(37-33-27(26)20-42-21-36-33)31-29(43-18-22-10-11-22)8-5-9-30(31)44-19-23-12-14-24(41-4)15-13-23/h5,8-9,12-15,17,22,25,32H,6-7,10-11,16,18-21H2,1-4H3,(H,36,37)(H,39,40)/p-1. The lowest BCUT2D eigenvalue weighted by atomic mass is 9.70. The highest BCUT2D eigenvalue weighted by Gasteiger charge is 2.42. The zero-order valence-corrected chi connectivity index (χ0v) is 26.1. The third-order valence-electron chi connectivity index (χ3n) is 8.87. The van der Waals surface area contributed by atoms with Crippen molar-refractivity contribution in [3.63, 3.8) is 0 Å². The minimum absolute atomic E-state index is 0.0659. The number of hydrogen-bond donors (Lipinski definition) is 1. The number of nitrogens with zero attached hydrogens (tertiary/aromatic N) is 2. The van der Waals surface area contributed by atoms with Gasteiger partial charge in [-0.05, 0) is 78.5 Å².